The van der Waals surface area contributed by atoms with Crippen LogP contribution in [0.5, 0.6) is 0 Å². The number of furan rings is 1. The Labute approximate surface area is 308 Å². The molecule has 0 radical (unpaired) electrons. The van der Waals surface area contributed by atoms with Crippen LogP contribution >= 0.6 is 22.7 Å². The molecule has 0 N–H and O–H groups in total. The molecule has 0 aliphatic heterocycles. The molecule has 0 fully saturated rings. The summed E-state index contributed by atoms with van der Waals surface area (Å²) in [6.07, 6.45) is 0. The van der Waals surface area contributed by atoms with Crippen molar-refractivity contribution in [2.24, 2.45) is 0 Å². The zero-order valence-electron chi connectivity index (χ0n) is 27.9. The molecule has 8 aromatic carbocycles. The Balaban J connectivity index is 1.17. The number of nitrogens with zero attached hydrogens (tertiary/aromatic N) is 1. The van der Waals surface area contributed by atoms with E-state index in [1.165, 1.54) is 62.6 Å². The second-order valence-corrected chi connectivity index (χ2v) is 15.4. The average Bonchev–Trinajstić information content (AvgIpc) is 3.90. The summed E-state index contributed by atoms with van der Waals surface area (Å²) in [6, 6.07) is 63.5. The third kappa shape index (κ3) is 4.55. The van der Waals surface area contributed by atoms with Gasteiger partial charge in [0.1, 0.15) is 5.58 Å². The summed E-state index contributed by atoms with van der Waals surface area (Å²) in [5.74, 6) is 0. The van der Waals surface area contributed by atoms with Gasteiger partial charge in [-0.25, -0.2) is 0 Å². The summed E-state index contributed by atoms with van der Waals surface area (Å²) < 4.78 is 11.8. The van der Waals surface area contributed by atoms with E-state index in [4.69, 9.17) is 4.42 Å². The molecule has 0 aliphatic carbocycles. The van der Waals surface area contributed by atoms with E-state index < -0.39 is 0 Å². The van der Waals surface area contributed by atoms with Crippen LogP contribution < -0.4 is 4.90 Å². The van der Waals surface area contributed by atoms with Gasteiger partial charge < -0.3 is 9.32 Å². The SMILES string of the molecule is c1ccc(-c2ccc3c(c2)sc2cc(N(c4cccc5c4oc4ccccc45)c4cccc5c4sc4c(-c6ccccc6)cccc45)ccc23)cc1. The van der Waals surface area contributed by atoms with E-state index in [9.17, 15) is 0 Å². The predicted molar refractivity (Wildman–Crippen MR) is 225 cm³/mol. The van der Waals surface area contributed by atoms with Crippen molar-refractivity contribution in [2.45, 2.75) is 0 Å². The fourth-order valence-electron chi connectivity index (χ4n) is 7.86. The maximum absolute atomic E-state index is 6.71. The lowest BCUT2D eigenvalue weighted by molar-refractivity contribution is 0.669. The van der Waals surface area contributed by atoms with Crippen molar-refractivity contribution in [3.8, 4) is 22.3 Å². The number of para-hydroxylation sites is 2. The summed E-state index contributed by atoms with van der Waals surface area (Å²) >= 11 is 3.73. The van der Waals surface area contributed by atoms with Gasteiger partial charge in [-0.3, -0.25) is 0 Å². The summed E-state index contributed by atoms with van der Waals surface area (Å²) in [7, 11) is 0. The molecule has 11 aromatic rings. The molecule has 3 heterocycles. The van der Waals surface area contributed by atoms with E-state index in [1.54, 1.807) is 0 Å². The van der Waals surface area contributed by atoms with Crippen LogP contribution in [0.3, 0.4) is 0 Å². The first-order valence-electron chi connectivity index (χ1n) is 17.5. The fourth-order valence-corrected chi connectivity index (χ4v) is 10.4. The van der Waals surface area contributed by atoms with Gasteiger partial charge in [0.05, 0.1) is 16.1 Å². The van der Waals surface area contributed by atoms with E-state index >= 15 is 0 Å². The Kier molecular flexibility index (Phi) is 6.63. The van der Waals surface area contributed by atoms with Crippen molar-refractivity contribution in [1.82, 2.24) is 0 Å². The van der Waals surface area contributed by atoms with E-state index in [2.05, 4.69) is 175 Å². The van der Waals surface area contributed by atoms with Crippen LogP contribution in [0.15, 0.2) is 180 Å². The van der Waals surface area contributed by atoms with Gasteiger partial charge in [-0.05, 0) is 58.7 Å². The molecule has 52 heavy (non-hydrogen) atoms. The average molecular weight is 700 g/mol. The zero-order chi connectivity index (χ0) is 34.2. The first-order valence-corrected chi connectivity index (χ1v) is 19.1. The molecule has 0 bridgehead atoms. The predicted octanol–water partition coefficient (Wildman–Crippen LogP) is 15.1. The second-order valence-electron chi connectivity index (χ2n) is 13.3. The normalized spacial score (nSPS) is 11.8. The summed E-state index contributed by atoms with van der Waals surface area (Å²) in [4.78, 5) is 2.42. The Bertz CT molecular complexity index is 3130. The van der Waals surface area contributed by atoms with Gasteiger partial charge in [-0.1, -0.05) is 140 Å². The molecule has 244 valence electrons. The smallest absolute Gasteiger partial charge is 0.159 e. The highest BCUT2D eigenvalue weighted by molar-refractivity contribution is 7.27. The number of hydrogen-bond acceptors (Lipinski definition) is 4. The van der Waals surface area contributed by atoms with Crippen LogP contribution in [0.25, 0.3) is 84.5 Å². The lowest BCUT2D eigenvalue weighted by Crippen LogP contribution is -2.10. The zero-order valence-corrected chi connectivity index (χ0v) is 29.5. The van der Waals surface area contributed by atoms with Gasteiger partial charge in [0.25, 0.3) is 0 Å². The van der Waals surface area contributed by atoms with Crippen molar-refractivity contribution in [3.05, 3.63) is 176 Å². The molecule has 11 rings (SSSR count). The summed E-state index contributed by atoms with van der Waals surface area (Å²) in [5.41, 5.74) is 10.0. The molecule has 0 saturated carbocycles. The maximum Gasteiger partial charge on any atom is 0.159 e. The van der Waals surface area contributed by atoms with Gasteiger partial charge in [0, 0.05) is 52.1 Å². The molecular formula is C48H29NOS2. The quantitative estimate of drug-likeness (QED) is 0.178. The van der Waals surface area contributed by atoms with Crippen molar-refractivity contribution >= 4 is 102 Å². The van der Waals surface area contributed by atoms with Crippen molar-refractivity contribution in [3.63, 3.8) is 0 Å². The number of hydrogen-bond donors (Lipinski definition) is 0. The Morgan fingerprint density at radius 1 is 0.385 bits per heavy atom. The number of benzene rings is 8. The van der Waals surface area contributed by atoms with E-state index in [-0.39, 0.29) is 0 Å². The van der Waals surface area contributed by atoms with E-state index in [1.807, 2.05) is 28.7 Å². The molecule has 0 spiro atoms. The van der Waals surface area contributed by atoms with Crippen molar-refractivity contribution in [1.29, 1.82) is 0 Å². The topological polar surface area (TPSA) is 16.4 Å². The molecular weight excluding hydrogens is 671 g/mol. The van der Waals surface area contributed by atoms with Crippen LogP contribution in [0.1, 0.15) is 0 Å². The minimum absolute atomic E-state index is 0.885. The van der Waals surface area contributed by atoms with E-state index in [0.717, 1.165) is 39.0 Å². The second kappa shape index (κ2) is 11.7. The largest absolute Gasteiger partial charge is 0.454 e. The molecule has 0 atom stereocenters. The number of rotatable bonds is 5. The molecule has 0 saturated heterocycles. The minimum atomic E-state index is 0.885. The summed E-state index contributed by atoms with van der Waals surface area (Å²) in [6.45, 7) is 0. The van der Waals surface area contributed by atoms with Crippen LogP contribution in [0.2, 0.25) is 0 Å². The lowest BCUT2D eigenvalue weighted by atomic mass is 10.0. The third-order valence-electron chi connectivity index (χ3n) is 10.3. The maximum atomic E-state index is 6.71. The van der Waals surface area contributed by atoms with Crippen LogP contribution in [0.4, 0.5) is 17.1 Å². The van der Waals surface area contributed by atoms with Gasteiger partial charge in [-0.15, -0.1) is 22.7 Å². The number of anilines is 3. The van der Waals surface area contributed by atoms with Gasteiger partial charge >= 0.3 is 0 Å². The third-order valence-corrected chi connectivity index (χ3v) is 12.7. The Hall–Kier alpha value is -6.20. The van der Waals surface area contributed by atoms with Gasteiger partial charge in [0.15, 0.2) is 5.58 Å². The lowest BCUT2D eigenvalue weighted by Gasteiger charge is -2.26. The first-order chi connectivity index (χ1) is 25.8. The van der Waals surface area contributed by atoms with Crippen molar-refractivity contribution < 1.29 is 4.42 Å². The van der Waals surface area contributed by atoms with Crippen LogP contribution in [0, 0.1) is 0 Å². The first kappa shape index (κ1) is 29.5. The number of thiophene rings is 2. The Morgan fingerprint density at radius 2 is 1.02 bits per heavy atom. The van der Waals surface area contributed by atoms with Crippen LogP contribution in [-0.2, 0) is 0 Å². The van der Waals surface area contributed by atoms with Gasteiger partial charge in [-0.2, -0.15) is 0 Å². The Morgan fingerprint density at radius 3 is 1.85 bits per heavy atom. The molecule has 0 aliphatic rings. The number of fused-ring (bicyclic) bond motifs is 9. The molecule has 0 amide bonds. The van der Waals surface area contributed by atoms with Gasteiger partial charge in [0.2, 0.25) is 0 Å². The van der Waals surface area contributed by atoms with Crippen LogP contribution in [-0.4, -0.2) is 0 Å². The molecule has 4 heteroatoms. The fraction of sp³-hybridized carbons (Fsp3) is 0. The molecule has 3 aromatic heterocycles. The highest BCUT2D eigenvalue weighted by Gasteiger charge is 2.23. The van der Waals surface area contributed by atoms with Crippen molar-refractivity contribution in [2.75, 3.05) is 4.90 Å². The monoisotopic (exact) mass is 699 g/mol. The molecule has 2 nitrogen and oxygen atoms in total. The minimum Gasteiger partial charge on any atom is -0.454 e. The highest BCUT2D eigenvalue weighted by Crippen LogP contribution is 2.50. The highest BCUT2D eigenvalue weighted by atomic mass is 32.1. The molecule has 0 unspecified atom stereocenters. The van der Waals surface area contributed by atoms with E-state index in [0.29, 0.717) is 0 Å². The summed E-state index contributed by atoms with van der Waals surface area (Å²) in [5, 5.41) is 7.34. The standard InChI is InChI=1S/C48H29NOS2/c1-3-12-30(13-4-1)32-24-26-36-37-27-25-33(29-45(37)51-44(36)28-32)49(41-21-10-18-38-35-16-7-8-23-43(35)50-46(38)41)42-22-11-20-40-39-19-9-17-34(47(39)52-48(40)42)31-14-5-2-6-15-31/h1-29H.